The molecule has 1 N–H and O–H groups in total. The molecule has 0 fully saturated rings. The summed E-state index contributed by atoms with van der Waals surface area (Å²) in [6.45, 7) is 1.42. The minimum atomic E-state index is -0.378. The predicted molar refractivity (Wildman–Crippen MR) is 73.4 cm³/mol. The van der Waals surface area contributed by atoms with Crippen molar-refractivity contribution in [3.05, 3.63) is 40.7 Å². The van der Waals surface area contributed by atoms with Crippen LogP contribution in [0, 0.1) is 10.1 Å². The Balaban J connectivity index is 2.30. The van der Waals surface area contributed by atoms with Crippen LogP contribution < -0.4 is 5.32 Å². The van der Waals surface area contributed by atoms with Crippen molar-refractivity contribution in [2.75, 3.05) is 25.6 Å². The second-order valence-corrected chi connectivity index (χ2v) is 4.08. The van der Waals surface area contributed by atoms with Crippen molar-refractivity contribution < 1.29 is 9.66 Å². The Morgan fingerprint density at radius 2 is 2.21 bits per heavy atom. The van der Waals surface area contributed by atoms with Crippen LogP contribution in [0.5, 0.6) is 0 Å². The van der Waals surface area contributed by atoms with Gasteiger partial charge in [-0.05, 0) is 18.6 Å². The summed E-state index contributed by atoms with van der Waals surface area (Å²) in [5, 5.41) is 15.6. The van der Waals surface area contributed by atoms with E-state index in [2.05, 4.69) is 10.3 Å². The first kappa shape index (κ1) is 13.2. The number of methoxy groups -OCH3 is 1. The average molecular weight is 261 g/mol. The van der Waals surface area contributed by atoms with Gasteiger partial charge >= 0.3 is 0 Å². The van der Waals surface area contributed by atoms with Gasteiger partial charge in [0.2, 0.25) is 0 Å². The Hall–Kier alpha value is -2.21. The third-order valence-electron chi connectivity index (χ3n) is 2.83. The van der Waals surface area contributed by atoms with Crippen LogP contribution in [0.2, 0.25) is 0 Å². The molecule has 6 heteroatoms. The molecule has 1 heterocycles. The van der Waals surface area contributed by atoms with E-state index in [4.69, 9.17) is 4.74 Å². The van der Waals surface area contributed by atoms with Crippen LogP contribution in [-0.2, 0) is 4.74 Å². The van der Waals surface area contributed by atoms with Gasteiger partial charge in [0, 0.05) is 49.8 Å². The summed E-state index contributed by atoms with van der Waals surface area (Å²) in [5.74, 6) is 0. The zero-order chi connectivity index (χ0) is 13.7. The zero-order valence-electron chi connectivity index (χ0n) is 10.6. The van der Waals surface area contributed by atoms with Crippen LogP contribution in [0.1, 0.15) is 6.42 Å². The van der Waals surface area contributed by atoms with E-state index in [0.717, 1.165) is 24.0 Å². The Morgan fingerprint density at radius 3 is 2.95 bits per heavy atom. The second kappa shape index (κ2) is 6.10. The number of nitro groups is 1. The number of non-ortho nitro benzene ring substituents is 1. The van der Waals surface area contributed by atoms with Gasteiger partial charge in [0.25, 0.3) is 5.69 Å². The smallest absolute Gasteiger partial charge is 0.277 e. The van der Waals surface area contributed by atoms with Crippen LogP contribution in [0.15, 0.2) is 30.6 Å². The number of hydrogen-bond donors (Lipinski definition) is 1. The van der Waals surface area contributed by atoms with E-state index in [9.17, 15) is 10.1 Å². The molecule has 1 aromatic carbocycles. The molecule has 0 aliphatic carbocycles. The Morgan fingerprint density at radius 1 is 1.37 bits per heavy atom. The molecule has 0 spiro atoms. The third-order valence-corrected chi connectivity index (χ3v) is 2.83. The molecule has 0 amide bonds. The van der Waals surface area contributed by atoms with Gasteiger partial charge < -0.3 is 10.1 Å². The fourth-order valence-corrected chi connectivity index (χ4v) is 1.93. The van der Waals surface area contributed by atoms with Gasteiger partial charge in [0.05, 0.1) is 10.3 Å². The highest BCUT2D eigenvalue weighted by Gasteiger charge is 2.13. The van der Waals surface area contributed by atoms with Gasteiger partial charge in [-0.1, -0.05) is 0 Å². The zero-order valence-corrected chi connectivity index (χ0v) is 10.6. The summed E-state index contributed by atoms with van der Waals surface area (Å²) < 4.78 is 4.98. The first-order valence-corrected chi connectivity index (χ1v) is 5.98. The van der Waals surface area contributed by atoms with Gasteiger partial charge in [-0.2, -0.15) is 0 Å². The molecule has 0 radical (unpaired) electrons. The molecule has 0 aliphatic rings. The van der Waals surface area contributed by atoms with Crippen molar-refractivity contribution in [2.24, 2.45) is 0 Å². The highest BCUT2D eigenvalue weighted by molar-refractivity contribution is 5.99. The van der Waals surface area contributed by atoms with Crippen molar-refractivity contribution >= 4 is 22.1 Å². The quantitative estimate of drug-likeness (QED) is 0.491. The number of nitrogens with one attached hydrogen (secondary N) is 1. The Bertz CT molecular complexity index is 586. The number of ether oxygens (including phenoxy) is 1. The van der Waals surface area contributed by atoms with Crippen LogP contribution in [0.25, 0.3) is 10.8 Å². The number of fused-ring (bicyclic) bond motifs is 1. The Kier molecular flexibility index (Phi) is 4.25. The predicted octanol–water partition coefficient (Wildman–Crippen LogP) is 2.59. The molecule has 1 aromatic heterocycles. The molecule has 2 aromatic rings. The van der Waals surface area contributed by atoms with Gasteiger partial charge in [-0.3, -0.25) is 15.1 Å². The molecule has 0 saturated heterocycles. The highest BCUT2D eigenvalue weighted by atomic mass is 16.6. The van der Waals surface area contributed by atoms with E-state index in [1.54, 1.807) is 31.6 Å². The first-order chi connectivity index (χ1) is 9.24. The summed E-state index contributed by atoms with van der Waals surface area (Å²) >= 11 is 0. The lowest BCUT2D eigenvalue weighted by Crippen LogP contribution is -2.05. The lowest BCUT2D eigenvalue weighted by Gasteiger charge is -2.09. The monoisotopic (exact) mass is 261 g/mol. The summed E-state index contributed by atoms with van der Waals surface area (Å²) in [4.78, 5) is 14.6. The molecule has 0 aliphatic heterocycles. The molecule has 6 nitrogen and oxygen atoms in total. The maximum absolute atomic E-state index is 11.0. The van der Waals surface area contributed by atoms with E-state index in [1.165, 1.54) is 6.07 Å². The number of rotatable bonds is 6. The van der Waals surface area contributed by atoms with E-state index in [0.29, 0.717) is 12.0 Å². The van der Waals surface area contributed by atoms with Gasteiger partial charge in [0.1, 0.15) is 0 Å². The fraction of sp³-hybridized carbons (Fsp3) is 0.308. The molecule has 0 saturated carbocycles. The maximum Gasteiger partial charge on any atom is 0.277 e. The number of pyridine rings is 1. The number of hydrogen-bond acceptors (Lipinski definition) is 5. The van der Waals surface area contributed by atoms with Gasteiger partial charge in [-0.15, -0.1) is 0 Å². The topological polar surface area (TPSA) is 77.3 Å². The van der Waals surface area contributed by atoms with Gasteiger partial charge in [0.15, 0.2) is 0 Å². The minimum absolute atomic E-state index is 0.0971. The molecule has 2 rings (SSSR count). The lowest BCUT2D eigenvalue weighted by atomic mass is 10.1. The van der Waals surface area contributed by atoms with Crippen LogP contribution in [0.3, 0.4) is 0 Å². The van der Waals surface area contributed by atoms with Crippen molar-refractivity contribution in [3.8, 4) is 0 Å². The van der Waals surface area contributed by atoms with Crippen molar-refractivity contribution in [1.29, 1.82) is 0 Å². The van der Waals surface area contributed by atoms with Crippen molar-refractivity contribution in [3.63, 3.8) is 0 Å². The molecule has 0 atom stereocenters. The number of benzene rings is 1. The number of aromatic nitrogens is 1. The SMILES string of the molecule is COCCCNc1ccc([N+](=O)[O-])c2ccncc12. The summed E-state index contributed by atoms with van der Waals surface area (Å²) in [5.41, 5.74) is 0.949. The molecule has 19 heavy (non-hydrogen) atoms. The Labute approximate surface area is 110 Å². The second-order valence-electron chi connectivity index (χ2n) is 4.08. The normalized spacial score (nSPS) is 10.6. The fourth-order valence-electron chi connectivity index (χ4n) is 1.93. The summed E-state index contributed by atoms with van der Waals surface area (Å²) in [6, 6.07) is 4.89. The van der Waals surface area contributed by atoms with Crippen molar-refractivity contribution in [1.82, 2.24) is 4.98 Å². The van der Waals surface area contributed by atoms with E-state index >= 15 is 0 Å². The summed E-state index contributed by atoms with van der Waals surface area (Å²) in [7, 11) is 1.66. The molecule has 0 bridgehead atoms. The van der Waals surface area contributed by atoms with E-state index < -0.39 is 0 Å². The van der Waals surface area contributed by atoms with Gasteiger partial charge in [-0.25, -0.2) is 0 Å². The third kappa shape index (κ3) is 2.97. The first-order valence-electron chi connectivity index (χ1n) is 5.98. The lowest BCUT2D eigenvalue weighted by molar-refractivity contribution is -0.383. The molecular weight excluding hydrogens is 246 g/mol. The maximum atomic E-state index is 11.0. The van der Waals surface area contributed by atoms with E-state index in [-0.39, 0.29) is 10.6 Å². The highest BCUT2D eigenvalue weighted by Crippen LogP contribution is 2.30. The van der Waals surface area contributed by atoms with Crippen molar-refractivity contribution in [2.45, 2.75) is 6.42 Å². The van der Waals surface area contributed by atoms with Crippen LogP contribution >= 0.6 is 0 Å². The largest absolute Gasteiger partial charge is 0.385 e. The molecule has 100 valence electrons. The van der Waals surface area contributed by atoms with Crippen LogP contribution in [-0.4, -0.2) is 30.2 Å². The number of nitro benzene ring substituents is 1. The number of anilines is 1. The summed E-state index contributed by atoms with van der Waals surface area (Å²) in [6.07, 6.45) is 4.07. The average Bonchev–Trinajstić information content (AvgIpc) is 2.43. The molecule has 0 unspecified atom stereocenters. The van der Waals surface area contributed by atoms with Crippen LogP contribution in [0.4, 0.5) is 11.4 Å². The van der Waals surface area contributed by atoms with E-state index in [1.807, 2.05) is 0 Å². The standard InChI is InChI=1S/C13H15N3O3/c1-19-8-2-6-15-12-3-4-13(16(17)18)10-5-7-14-9-11(10)12/h3-5,7,9,15H,2,6,8H2,1H3. The minimum Gasteiger partial charge on any atom is -0.385 e. The molecular formula is C13H15N3O3. The number of nitrogens with zero attached hydrogens (tertiary/aromatic N) is 2.